The summed E-state index contributed by atoms with van der Waals surface area (Å²) in [4.78, 5) is 25.6. The van der Waals surface area contributed by atoms with Gasteiger partial charge >= 0.3 is 5.97 Å². The van der Waals surface area contributed by atoms with Gasteiger partial charge in [-0.2, -0.15) is 0 Å². The van der Waals surface area contributed by atoms with Crippen LogP contribution in [0.5, 0.6) is 11.5 Å². The first-order chi connectivity index (χ1) is 16.1. The van der Waals surface area contributed by atoms with E-state index in [0.717, 1.165) is 5.56 Å². The third-order valence-electron chi connectivity index (χ3n) is 5.28. The SMILES string of the molecule is CC[C@H](Oc1ccc2c(=O)c(-c3ccccc3OC)coc2c1)C(=O)OCc1ccccc1. The van der Waals surface area contributed by atoms with E-state index in [1.807, 2.05) is 49.4 Å². The van der Waals surface area contributed by atoms with Crippen LogP contribution in [0.2, 0.25) is 0 Å². The number of carbonyl (C=O) groups excluding carboxylic acids is 1. The molecule has 1 heterocycles. The van der Waals surface area contributed by atoms with Crippen molar-refractivity contribution in [2.45, 2.75) is 26.1 Å². The van der Waals surface area contributed by atoms with Gasteiger partial charge in [-0.05, 0) is 30.2 Å². The molecule has 6 heteroatoms. The quantitative estimate of drug-likeness (QED) is 0.340. The summed E-state index contributed by atoms with van der Waals surface area (Å²) in [6.07, 6.45) is 1.07. The minimum atomic E-state index is -0.772. The van der Waals surface area contributed by atoms with E-state index < -0.39 is 12.1 Å². The van der Waals surface area contributed by atoms with Gasteiger partial charge in [0.05, 0.1) is 18.1 Å². The highest BCUT2D eigenvalue weighted by Gasteiger charge is 2.21. The van der Waals surface area contributed by atoms with Crippen molar-refractivity contribution >= 4 is 16.9 Å². The Hall–Kier alpha value is -4.06. The fourth-order valence-corrected chi connectivity index (χ4v) is 3.52. The lowest BCUT2D eigenvalue weighted by Gasteiger charge is -2.17. The van der Waals surface area contributed by atoms with Crippen LogP contribution in [-0.2, 0) is 16.1 Å². The summed E-state index contributed by atoms with van der Waals surface area (Å²) in [6, 6.07) is 21.6. The number of fused-ring (bicyclic) bond motifs is 1. The Kier molecular flexibility index (Phi) is 6.74. The maximum Gasteiger partial charge on any atom is 0.347 e. The lowest BCUT2D eigenvalue weighted by Crippen LogP contribution is -2.28. The summed E-state index contributed by atoms with van der Waals surface area (Å²) in [6.45, 7) is 2.02. The van der Waals surface area contributed by atoms with E-state index in [1.165, 1.54) is 6.26 Å². The lowest BCUT2D eigenvalue weighted by atomic mass is 10.0. The van der Waals surface area contributed by atoms with Crippen LogP contribution in [-0.4, -0.2) is 19.2 Å². The molecule has 6 nitrogen and oxygen atoms in total. The van der Waals surface area contributed by atoms with E-state index in [0.29, 0.717) is 40.0 Å². The van der Waals surface area contributed by atoms with Crippen molar-refractivity contribution in [3.8, 4) is 22.6 Å². The zero-order chi connectivity index (χ0) is 23.2. The molecule has 4 rings (SSSR count). The first-order valence-electron chi connectivity index (χ1n) is 10.7. The first kappa shape index (κ1) is 22.1. The van der Waals surface area contributed by atoms with Crippen LogP contribution in [0.4, 0.5) is 0 Å². The maximum atomic E-state index is 13.1. The molecule has 0 aliphatic carbocycles. The van der Waals surface area contributed by atoms with Crippen LogP contribution in [0.1, 0.15) is 18.9 Å². The monoisotopic (exact) mass is 444 g/mol. The summed E-state index contributed by atoms with van der Waals surface area (Å²) in [5.74, 6) is 0.553. The number of esters is 1. The zero-order valence-electron chi connectivity index (χ0n) is 18.4. The van der Waals surface area contributed by atoms with Crippen LogP contribution in [0.3, 0.4) is 0 Å². The molecule has 0 aliphatic rings. The van der Waals surface area contributed by atoms with Crippen molar-refractivity contribution < 1.29 is 23.4 Å². The fraction of sp³-hybridized carbons (Fsp3) is 0.185. The third kappa shape index (κ3) is 4.90. The van der Waals surface area contributed by atoms with Gasteiger partial charge < -0.3 is 18.6 Å². The highest BCUT2D eigenvalue weighted by atomic mass is 16.6. The van der Waals surface area contributed by atoms with Crippen LogP contribution in [0, 0.1) is 0 Å². The fourth-order valence-electron chi connectivity index (χ4n) is 3.52. The molecule has 0 radical (unpaired) electrons. The molecule has 0 amide bonds. The van der Waals surface area contributed by atoms with Crippen LogP contribution in [0.25, 0.3) is 22.1 Å². The van der Waals surface area contributed by atoms with Crippen LogP contribution in [0.15, 0.2) is 88.3 Å². The molecule has 0 unspecified atom stereocenters. The van der Waals surface area contributed by atoms with E-state index in [9.17, 15) is 9.59 Å². The van der Waals surface area contributed by atoms with Gasteiger partial charge in [0, 0.05) is 11.6 Å². The number of benzene rings is 3. The van der Waals surface area contributed by atoms with Crippen molar-refractivity contribution in [2.24, 2.45) is 0 Å². The van der Waals surface area contributed by atoms with E-state index in [-0.39, 0.29) is 12.0 Å². The molecule has 0 aliphatic heterocycles. The molecule has 0 saturated carbocycles. The average Bonchev–Trinajstić information content (AvgIpc) is 2.86. The van der Waals surface area contributed by atoms with Crippen molar-refractivity contribution in [3.63, 3.8) is 0 Å². The molecule has 0 saturated heterocycles. The van der Waals surface area contributed by atoms with Gasteiger partial charge in [-0.25, -0.2) is 4.79 Å². The number of methoxy groups -OCH3 is 1. The summed E-state index contributed by atoms with van der Waals surface area (Å²) < 4.78 is 22.4. The topological polar surface area (TPSA) is 75.0 Å². The zero-order valence-corrected chi connectivity index (χ0v) is 18.4. The molecular formula is C27H24O6. The van der Waals surface area contributed by atoms with Gasteiger partial charge in [0.15, 0.2) is 6.10 Å². The van der Waals surface area contributed by atoms with Crippen molar-refractivity contribution in [3.05, 3.63) is 94.8 Å². The predicted molar refractivity (Wildman–Crippen MR) is 125 cm³/mol. The Bertz CT molecular complexity index is 1310. The Morgan fingerprint density at radius 3 is 2.48 bits per heavy atom. The molecule has 0 fully saturated rings. The molecule has 0 bridgehead atoms. The second kappa shape index (κ2) is 10.0. The second-order valence-corrected chi connectivity index (χ2v) is 7.44. The number of ether oxygens (including phenoxy) is 3. The highest BCUT2D eigenvalue weighted by Crippen LogP contribution is 2.29. The standard InChI is InChI=1S/C27H24O6/c1-3-23(27(29)32-16-18-9-5-4-6-10-18)33-19-13-14-21-25(15-19)31-17-22(26(21)28)20-11-7-8-12-24(20)30-2/h4-15,17,23H,3,16H2,1-2H3/t23-/m0/s1. The molecule has 0 spiro atoms. The van der Waals surface area contributed by atoms with Crippen LogP contribution >= 0.6 is 0 Å². The molecule has 1 atom stereocenters. The Balaban J connectivity index is 1.54. The third-order valence-corrected chi connectivity index (χ3v) is 5.28. The normalized spacial score (nSPS) is 11.7. The molecular weight excluding hydrogens is 420 g/mol. The van der Waals surface area contributed by atoms with E-state index in [1.54, 1.807) is 37.4 Å². The predicted octanol–water partition coefficient (Wildman–Crippen LogP) is 5.37. The Morgan fingerprint density at radius 1 is 0.970 bits per heavy atom. The minimum absolute atomic E-state index is 0.178. The van der Waals surface area contributed by atoms with Gasteiger partial charge in [-0.3, -0.25) is 4.79 Å². The molecule has 33 heavy (non-hydrogen) atoms. The van der Waals surface area contributed by atoms with Gasteiger partial charge in [-0.1, -0.05) is 55.5 Å². The minimum Gasteiger partial charge on any atom is -0.496 e. The van der Waals surface area contributed by atoms with Gasteiger partial charge in [-0.15, -0.1) is 0 Å². The second-order valence-electron chi connectivity index (χ2n) is 7.44. The van der Waals surface area contributed by atoms with Crippen molar-refractivity contribution in [2.75, 3.05) is 7.11 Å². The van der Waals surface area contributed by atoms with Gasteiger partial charge in [0.2, 0.25) is 5.43 Å². The summed E-state index contributed by atoms with van der Waals surface area (Å²) in [5.41, 5.74) is 2.15. The molecule has 0 N–H and O–H groups in total. The Morgan fingerprint density at radius 2 is 1.73 bits per heavy atom. The van der Waals surface area contributed by atoms with E-state index in [4.69, 9.17) is 18.6 Å². The van der Waals surface area contributed by atoms with Crippen LogP contribution < -0.4 is 14.9 Å². The smallest absolute Gasteiger partial charge is 0.347 e. The number of rotatable bonds is 8. The highest BCUT2D eigenvalue weighted by molar-refractivity contribution is 5.84. The molecule has 1 aromatic heterocycles. The average molecular weight is 444 g/mol. The first-order valence-corrected chi connectivity index (χ1v) is 10.7. The number of hydrogen-bond acceptors (Lipinski definition) is 6. The number of carbonyl (C=O) groups is 1. The van der Waals surface area contributed by atoms with E-state index in [2.05, 4.69) is 0 Å². The van der Waals surface area contributed by atoms with Crippen molar-refractivity contribution in [1.82, 2.24) is 0 Å². The number of hydrogen-bond donors (Lipinski definition) is 0. The Labute approximate surface area is 191 Å². The van der Waals surface area contributed by atoms with Gasteiger partial charge in [0.25, 0.3) is 0 Å². The van der Waals surface area contributed by atoms with Crippen molar-refractivity contribution in [1.29, 1.82) is 0 Å². The largest absolute Gasteiger partial charge is 0.496 e. The maximum absolute atomic E-state index is 13.1. The summed E-state index contributed by atoms with van der Waals surface area (Å²) >= 11 is 0. The van der Waals surface area contributed by atoms with Gasteiger partial charge in [0.1, 0.15) is 30.0 Å². The molecule has 4 aromatic rings. The lowest BCUT2D eigenvalue weighted by molar-refractivity contribution is -0.153. The van der Waals surface area contributed by atoms with E-state index >= 15 is 0 Å². The number of para-hydroxylation sites is 1. The molecule has 168 valence electrons. The molecule has 3 aromatic carbocycles. The summed E-state index contributed by atoms with van der Waals surface area (Å²) in [5, 5.41) is 0.408. The summed E-state index contributed by atoms with van der Waals surface area (Å²) in [7, 11) is 1.56.